The third-order valence-corrected chi connectivity index (χ3v) is 3.50. The molecule has 0 saturated heterocycles. The average molecular weight is 327 g/mol. The number of carboxylic acid groups (broad SMARTS) is 1. The fraction of sp³-hybridized carbons (Fsp3) is 0.222. The first kappa shape index (κ1) is 15.9. The number of hydrogen-bond acceptors (Lipinski definition) is 4. The average Bonchev–Trinajstić information content (AvgIpc) is 3.39. The molecule has 2 aromatic carbocycles. The minimum Gasteiger partial charge on any atom is -0.488 e. The molecule has 0 spiro atoms. The fourth-order valence-corrected chi connectivity index (χ4v) is 2.09. The lowest BCUT2D eigenvalue weighted by atomic mass is 10.2. The summed E-state index contributed by atoms with van der Waals surface area (Å²) in [6.45, 7) is 0.151. The van der Waals surface area contributed by atoms with Gasteiger partial charge in [-0.25, -0.2) is 9.59 Å². The molecule has 0 unspecified atom stereocenters. The van der Waals surface area contributed by atoms with Crippen molar-refractivity contribution < 1.29 is 24.2 Å². The number of nitrogens with one attached hydrogen (secondary N) is 1. The molecule has 6 nitrogen and oxygen atoms in total. The number of ether oxygens (including phenoxy) is 2. The maximum Gasteiger partial charge on any atom is 0.412 e. The smallest absolute Gasteiger partial charge is 0.412 e. The van der Waals surface area contributed by atoms with E-state index in [1.165, 1.54) is 18.2 Å². The van der Waals surface area contributed by atoms with Crippen LogP contribution in [-0.4, -0.2) is 23.3 Å². The first-order valence-electron chi connectivity index (χ1n) is 7.63. The van der Waals surface area contributed by atoms with Gasteiger partial charge in [0.2, 0.25) is 0 Å². The van der Waals surface area contributed by atoms with E-state index in [4.69, 9.17) is 14.6 Å². The van der Waals surface area contributed by atoms with Gasteiger partial charge in [0.15, 0.2) is 0 Å². The number of aromatic carboxylic acids is 1. The molecule has 2 aromatic rings. The van der Waals surface area contributed by atoms with Gasteiger partial charge in [-0.1, -0.05) is 30.3 Å². The van der Waals surface area contributed by atoms with Crippen molar-refractivity contribution >= 4 is 17.7 Å². The van der Waals surface area contributed by atoms with Gasteiger partial charge in [-0.15, -0.1) is 0 Å². The van der Waals surface area contributed by atoms with Gasteiger partial charge < -0.3 is 14.6 Å². The lowest BCUT2D eigenvalue weighted by Gasteiger charge is -2.13. The Labute approximate surface area is 139 Å². The van der Waals surface area contributed by atoms with Crippen LogP contribution in [0.2, 0.25) is 0 Å². The number of carboxylic acids is 1. The van der Waals surface area contributed by atoms with Crippen molar-refractivity contribution in [1.29, 1.82) is 0 Å². The van der Waals surface area contributed by atoms with Gasteiger partial charge in [-0.2, -0.15) is 0 Å². The van der Waals surface area contributed by atoms with Gasteiger partial charge in [0.1, 0.15) is 12.4 Å². The molecule has 0 aromatic heterocycles. The van der Waals surface area contributed by atoms with E-state index in [0.717, 1.165) is 18.4 Å². The van der Waals surface area contributed by atoms with E-state index in [9.17, 15) is 9.59 Å². The summed E-state index contributed by atoms with van der Waals surface area (Å²) >= 11 is 0. The second kappa shape index (κ2) is 7.04. The van der Waals surface area contributed by atoms with Gasteiger partial charge in [-0.05, 0) is 36.6 Å². The molecular weight excluding hydrogens is 310 g/mol. The topological polar surface area (TPSA) is 84.9 Å². The van der Waals surface area contributed by atoms with Gasteiger partial charge in [-0.3, -0.25) is 5.32 Å². The number of benzene rings is 2. The number of anilines is 1. The van der Waals surface area contributed by atoms with Crippen molar-refractivity contribution in [2.24, 2.45) is 0 Å². The van der Waals surface area contributed by atoms with Crippen LogP contribution in [0, 0.1) is 0 Å². The highest BCUT2D eigenvalue weighted by Crippen LogP contribution is 2.33. The van der Waals surface area contributed by atoms with Crippen molar-refractivity contribution in [3.8, 4) is 5.75 Å². The van der Waals surface area contributed by atoms with Crippen molar-refractivity contribution in [1.82, 2.24) is 0 Å². The Bertz CT molecular complexity index is 740. The van der Waals surface area contributed by atoms with Gasteiger partial charge >= 0.3 is 12.1 Å². The predicted molar refractivity (Wildman–Crippen MR) is 87.3 cm³/mol. The summed E-state index contributed by atoms with van der Waals surface area (Å²) in [4.78, 5) is 23.0. The highest BCUT2D eigenvalue weighted by atomic mass is 16.5. The zero-order valence-electron chi connectivity index (χ0n) is 12.9. The standard InChI is InChI=1S/C18H17NO5/c20-17(21)13-6-9-15(16(10-13)24-14-7-8-14)19-18(22)23-11-12-4-2-1-3-5-12/h1-6,9-10,14H,7-8,11H2,(H,19,22)(H,20,21). The Hall–Kier alpha value is -3.02. The van der Waals surface area contributed by atoms with Crippen LogP contribution in [0.1, 0.15) is 28.8 Å². The van der Waals surface area contributed by atoms with Crippen LogP contribution in [0.3, 0.4) is 0 Å². The Morgan fingerprint density at radius 3 is 2.54 bits per heavy atom. The van der Waals surface area contributed by atoms with E-state index in [-0.39, 0.29) is 18.3 Å². The second-order valence-electron chi connectivity index (χ2n) is 5.52. The monoisotopic (exact) mass is 327 g/mol. The lowest BCUT2D eigenvalue weighted by molar-refractivity contribution is 0.0696. The van der Waals surface area contributed by atoms with Crippen LogP contribution in [0.25, 0.3) is 0 Å². The molecule has 0 aliphatic heterocycles. The number of carbonyl (C=O) groups excluding carboxylic acids is 1. The summed E-state index contributed by atoms with van der Waals surface area (Å²) in [5, 5.41) is 11.7. The molecule has 1 saturated carbocycles. The molecule has 0 atom stereocenters. The first-order chi connectivity index (χ1) is 11.6. The first-order valence-corrected chi connectivity index (χ1v) is 7.63. The van der Waals surface area contributed by atoms with E-state index in [0.29, 0.717) is 11.4 Å². The maximum atomic E-state index is 12.0. The minimum absolute atomic E-state index is 0.0786. The van der Waals surface area contributed by atoms with Crippen LogP contribution in [0.15, 0.2) is 48.5 Å². The van der Waals surface area contributed by atoms with Crippen LogP contribution in [-0.2, 0) is 11.3 Å². The van der Waals surface area contributed by atoms with Gasteiger partial charge in [0.25, 0.3) is 0 Å². The number of amides is 1. The molecule has 3 rings (SSSR count). The van der Waals surface area contributed by atoms with Crippen LogP contribution >= 0.6 is 0 Å². The van der Waals surface area contributed by atoms with Crippen LogP contribution in [0.5, 0.6) is 5.75 Å². The van der Waals surface area contributed by atoms with E-state index >= 15 is 0 Å². The third-order valence-electron chi connectivity index (χ3n) is 3.50. The zero-order chi connectivity index (χ0) is 16.9. The van der Waals surface area contributed by atoms with Crippen LogP contribution in [0.4, 0.5) is 10.5 Å². The minimum atomic E-state index is -1.05. The summed E-state index contributed by atoms with van der Waals surface area (Å²) in [5.41, 5.74) is 1.38. The molecule has 0 bridgehead atoms. The maximum absolute atomic E-state index is 12.0. The molecule has 2 N–H and O–H groups in total. The molecule has 1 aliphatic rings. The van der Waals surface area contributed by atoms with E-state index in [1.54, 1.807) is 0 Å². The predicted octanol–water partition coefficient (Wildman–Crippen LogP) is 3.67. The lowest BCUT2D eigenvalue weighted by Crippen LogP contribution is -2.15. The van der Waals surface area contributed by atoms with E-state index in [1.807, 2.05) is 30.3 Å². The molecule has 6 heteroatoms. The Morgan fingerprint density at radius 1 is 1.12 bits per heavy atom. The van der Waals surface area contributed by atoms with Crippen molar-refractivity contribution in [3.63, 3.8) is 0 Å². The SMILES string of the molecule is O=C(Nc1ccc(C(=O)O)cc1OC1CC1)OCc1ccccc1. The normalized spacial score (nSPS) is 13.2. The molecule has 0 radical (unpaired) electrons. The van der Waals surface area contributed by atoms with Crippen molar-refractivity contribution in [2.75, 3.05) is 5.32 Å². The molecule has 1 fully saturated rings. The summed E-state index contributed by atoms with van der Waals surface area (Å²) in [6, 6.07) is 13.7. The molecule has 1 amide bonds. The van der Waals surface area contributed by atoms with E-state index in [2.05, 4.69) is 5.32 Å². The molecule has 0 heterocycles. The molecule has 1 aliphatic carbocycles. The number of carbonyl (C=O) groups is 2. The Balaban J connectivity index is 1.66. The number of rotatable bonds is 6. The summed E-state index contributed by atoms with van der Waals surface area (Å²) in [5.74, 6) is -0.706. The molecule has 24 heavy (non-hydrogen) atoms. The van der Waals surface area contributed by atoms with Crippen molar-refractivity contribution in [2.45, 2.75) is 25.6 Å². The fourth-order valence-electron chi connectivity index (χ4n) is 2.09. The number of hydrogen-bond donors (Lipinski definition) is 2. The Morgan fingerprint density at radius 2 is 1.88 bits per heavy atom. The summed E-state index contributed by atoms with van der Waals surface area (Å²) in [6.07, 6.45) is 1.31. The molecular formula is C18H17NO5. The quantitative estimate of drug-likeness (QED) is 0.845. The second-order valence-corrected chi connectivity index (χ2v) is 5.52. The molecule has 124 valence electrons. The summed E-state index contributed by atoms with van der Waals surface area (Å²) < 4.78 is 10.8. The largest absolute Gasteiger partial charge is 0.488 e. The van der Waals surface area contributed by atoms with Crippen molar-refractivity contribution in [3.05, 3.63) is 59.7 Å². The van der Waals surface area contributed by atoms with Gasteiger partial charge in [0.05, 0.1) is 17.4 Å². The van der Waals surface area contributed by atoms with E-state index < -0.39 is 12.1 Å². The third kappa shape index (κ3) is 4.25. The highest BCUT2D eigenvalue weighted by Gasteiger charge is 2.25. The van der Waals surface area contributed by atoms with Gasteiger partial charge in [0, 0.05) is 0 Å². The highest BCUT2D eigenvalue weighted by molar-refractivity contribution is 5.91. The summed E-state index contributed by atoms with van der Waals surface area (Å²) in [7, 11) is 0. The Kier molecular flexibility index (Phi) is 4.65. The zero-order valence-corrected chi connectivity index (χ0v) is 12.9. The van der Waals surface area contributed by atoms with Crippen LogP contribution < -0.4 is 10.1 Å².